The molecule has 24 heavy (non-hydrogen) atoms. The minimum absolute atomic E-state index is 0.282. The Morgan fingerprint density at radius 3 is 2.42 bits per heavy atom. The van der Waals surface area contributed by atoms with E-state index in [0.717, 1.165) is 24.8 Å². The molecule has 0 amide bonds. The van der Waals surface area contributed by atoms with Crippen LogP contribution in [0.1, 0.15) is 71.1 Å². The van der Waals surface area contributed by atoms with Gasteiger partial charge in [-0.2, -0.15) is 0 Å². The van der Waals surface area contributed by atoms with Gasteiger partial charge in [0.2, 0.25) is 0 Å². The van der Waals surface area contributed by atoms with Crippen LogP contribution >= 0.6 is 21.6 Å². The third kappa shape index (κ3) is 12.3. The van der Waals surface area contributed by atoms with Gasteiger partial charge in [0, 0.05) is 16.6 Å². The zero-order chi connectivity index (χ0) is 17.5. The SMILES string of the molecule is C=C(C)C(=O)OCCCNCCCCCCCCCC1CCSS1. The van der Waals surface area contributed by atoms with Crippen molar-refractivity contribution in [1.29, 1.82) is 0 Å². The molecule has 1 atom stereocenters. The molecule has 1 unspecified atom stereocenters. The molecule has 0 spiro atoms. The van der Waals surface area contributed by atoms with E-state index < -0.39 is 0 Å². The van der Waals surface area contributed by atoms with Crippen LogP contribution in [0.2, 0.25) is 0 Å². The van der Waals surface area contributed by atoms with E-state index in [4.69, 9.17) is 4.74 Å². The lowest BCUT2D eigenvalue weighted by Crippen LogP contribution is -2.19. The lowest BCUT2D eigenvalue weighted by Gasteiger charge is -2.07. The second-order valence-corrected chi connectivity index (χ2v) is 9.40. The molecule has 0 bridgehead atoms. The number of unbranched alkanes of at least 4 members (excludes halogenated alkanes) is 6. The molecule has 1 aliphatic rings. The second-order valence-electron chi connectivity index (χ2n) is 6.61. The van der Waals surface area contributed by atoms with Crippen molar-refractivity contribution in [2.24, 2.45) is 0 Å². The van der Waals surface area contributed by atoms with Crippen molar-refractivity contribution in [3.05, 3.63) is 12.2 Å². The molecule has 140 valence electrons. The highest BCUT2D eigenvalue weighted by Gasteiger charge is 2.15. The topological polar surface area (TPSA) is 38.3 Å². The summed E-state index contributed by atoms with van der Waals surface area (Å²) in [6.45, 7) is 7.71. The number of carbonyl (C=O) groups is 1. The number of carbonyl (C=O) groups excluding carboxylic acids is 1. The van der Waals surface area contributed by atoms with E-state index >= 15 is 0 Å². The first-order valence-corrected chi connectivity index (χ1v) is 11.9. The summed E-state index contributed by atoms with van der Waals surface area (Å²) in [5, 5.41) is 4.36. The monoisotopic (exact) mass is 373 g/mol. The van der Waals surface area contributed by atoms with Gasteiger partial charge >= 0.3 is 5.97 Å². The molecular formula is C19H35NO2S2. The van der Waals surface area contributed by atoms with Gasteiger partial charge < -0.3 is 10.1 Å². The molecule has 0 radical (unpaired) electrons. The predicted octanol–water partition coefficient (Wildman–Crippen LogP) is 5.36. The minimum atomic E-state index is -0.282. The first-order valence-electron chi connectivity index (χ1n) is 9.52. The number of hydrogen-bond donors (Lipinski definition) is 1. The molecular weight excluding hydrogens is 338 g/mol. The molecule has 3 nitrogen and oxygen atoms in total. The summed E-state index contributed by atoms with van der Waals surface area (Å²) in [4.78, 5) is 11.2. The Morgan fingerprint density at radius 2 is 1.75 bits per heavy atom. The van der Waals surface area contributed by atoms with Crippen molar-refractivity contribution in [1.82, 2.24) is 5.32 Å². The number of nitrogens with one attached hydrogen (secondary N) is 1. The van der Waals surface area contributed by atoms with E-state index in [1.54, 1.807) is 6.92 Å². The Kier molecular flexibility index (Phi) is 13.8. The maximum Gasteiger partial charge on any atom is 0.333 e. The Morgan fingerprint density at radius 1 is 1.08 bits per heavy atom. The van der Waals surface area contributed by atoms with Crippen molar-refractivity contribution in [3.8, 4) is 0 Å². The van der Waals surface area contributed by atoms with Gasteiger partial charge in [0.1, 0.15) is 0 Å². The molecule has 1 aliphatic heterocycles. The maximum absolute atomic E-state index is 11.2. The summed E-state index contributed by atoms with van der Waals surface area (Å²) in [5.74, 6) is 1.08. The number of ether oxygens (including phenoxy) is 1. The van der Waals surface area contributed by atoms with Crippen LogP contribution in [0.15, 0.2) is 12.2 Å². The first-order chi connectivity index (χ1) is 11.7. The molecule has 1 heterocycles. The highest BCUT2D eigenvalue weighted by atomic mass is 33.1. The Bertz CT molecular complexity index is 344. The fourth-order valence-electron chi connectivity index (χ4n) is 2.68. The summed E-state index contributed by atoms with van der Waals surface area (Å²) in [7, 11) is 4.17. The summed E-state index contributed by atoms with van der Waals surface area (Å²) in [6.07, 6.45) is 13.3. The summed E-state index contributed by atoms with van der Waals surface area (Å²) in [5.41, 5.74) is 0.472. The lowest BCUT2D eigenvalue weighted by atomic mass is 10.1. The van der Waals surface area contributed by atoms with Crippen LogP contribution in [-0.4, -0.2) is 36.7 Å². The van der Waals surface area contributed by atoms with E-state index in [1.165, 1.54) is 63.5 Å². The fourth-order valence-corrected chi connectivity index (χ4v) is 5.71. The van der Waals surface area contributed by atoms with E-state index in [1.807, 2.05) is 0 Å². The fraction of sp³-hybridized carbons (Fsp3) is 0.842. The first kappa shape index (κ1) is 21.9. The molecule has 0 saturated carbocycles. The highest BCUT2D eigenvalue weighted by molar-refractivity contribution is 8.77. The molecule has 1 rings (SSSR count). The third-order valence-electron chi connectivity index (χ3n) is 4.19. The molecule has 5 heteroatoms. The average Bonchev–Trinajstić information content (AvgIpc) is 3.08. The van der Waals surface area contributed by atoms with Gasteiger partial charge in [0.15, 0.2) is 0 Å². The number of esters is 1. The van der Waals surface area contributed by atoms with E-state index in [9.17, 15) is 4.79 Å². The van der Waals surface area contributed by atoms with Crippen molar-refractivity contribution in [2.75, 3.05) is 25.4 Å². The average molecular weight is 374 g/mol. The van der Waals surface area contributed by atoms with E-state index in [0.29, 0.717) is 12.2 Å². The third-order valence-corrected chi connectivity index (χ3v) is 7.19. The van der Waals surface area contributed by atoms with Crippen LogP contribution in [0.25, 0.3) is 0 Å². The predicted molar refractivity (Wildman–Crippen MR) is 109 cm³/mol. The molecule has 0 aromatic heterocycles. The summed E-state index contributed by atoms with van der Waals surface area (Å²) < 4.78 is 5.05. The molecule has 1 N–H and O–H groups in total. The highest BCUT2D eigenvalue weighted by Crippen LogP contribution is 2.39. The standard InChI is InChI=1S/C19H35NO2S2/c1-17(2)19(21)22-15-10-14-20-13-9-7-5-3-4-6-8-11-18-12-16-23-24-18/h18,20H,1,3-16H2,2H3. The zero-order valence-corrected chi connectivity index (χ0v) is 16.9. The van der Waals surface area contributed by atoms with Gasteiger partial charge in [-0.15, -0.1) is 0 Å². The van der Waals surface area contributed by atoms with Gasteiger partial charge in [-0.05, 0) is 45.7 Å². The second kappa shape index (κ2) is 15.2. The van der Waals surface area contributed by atoms with Gasteiger partial charge in [0.25, 0.3) is 0 Å². The molecule has 0 aromatic carbocycles. The smallest absolute Gasteiger partial charge is 0.333 e. The summed E-state index contributed by atoms with van der Waals surface area (Å²) >= 11 is 0. The van der Waals surface area contributed by atoms with Crippen molar-refractivity contribution >= 4 is 27.6 Å². The zero-order valence-electron chi connectivity index (χ0n) is 15.3. The van der Waals surface area contributed by atoms with Crippen LogP contribution in [0.3, 0.4) is 0 Å². The van der Waals surface area contributed by atoms with Crippen molar-refractivity contribution < 1.29 is 9.53 Å². The summed E-state index contributed by atoms with van der Waals surface area (Å²) in [6, 6.07) is 0. The van der Waals surface area contributed by atoms with E-state index in [-0.39, 0.29) is 5.97 Å². The van der Waals surface area contributed by atoms with Gasteiger partial charge in [-0.3, -0.25) is 0 Å². The largest absolute Gasteiger partial charge is 0.462 e. The van der Waals surface area contributed by atoms with Crippen LogP contribution in [0.4, 0.5) is 0 Å². The molecule has 1 saturated heterocycles. The molecule has 1 fully saturated rings. The minimum Gasteiger partial charge on any atom is -0.462 e. The Hall–Kier alpha value is -0.130. The van der Waals surface area contributed by atoms with Gasteiger partial charge in [-0.1, -0.05) is 66.7 Å². The van der Waals surface area contributed by atoms with Crippen molar-refractivity contribution in [3.63, 3.8) is 0 Å². The van der Waals surface area contributed by atoms with Crippen LogP contribution in [0.5, 0.6) is 0 Å². The van der Waals surface area contributed by atoms with E-state index in [2.05, 4.69) is 33.5 Å². The quantitative estimate of drug-likeness (QED) is 0.181. The van der Waals surface area contributed by atoms with Gasteiger partial charge in [0.05, 0.1) is 6.61 Å². The number of rotatable bonds is 15. The normalized spacial score (nSPS) is 17.1. The Balaban J connectivity index is 1.70. The molecule has 0 aliphatic carbocycles. The van der Waals surface area contributed by atoms with Crippen LogP contribution in [-0.2, 0) is 9.53 Å². The molecule has 0 aromatic rings. The van der Waals surface area contributed by atoms with Crippen LogP contribution in [0, 0.1) is 0 Å². The van der Waals surface area contributed by atoms with Gasteiger partial charge in [-0.25, -0.2) is 4.79 Å². The number of hydrogen-bond acceptors (Lipinski definition) is 5. The maximum atomic E-state index is 11.2. The van der Waals surface area contributed by atoms with Crippen LogP contribution < -0.4 is 5.32 Å². The Labute approximate surface area is 156 Å². The lowest BCUT2D eigenvalue weighted by molar-refractivity contribution is -0.139. The van der Waals surface area contributed by atoms with Crippen molar-refractivity contribution in [2.45, 2.75) is 76.4 Å².